The van der Waals surface area contributed by atoms with Gasteiger partial charge in [-0.2, -0.15) is 4.98 Å². The first-order valence-corrected chi connectivity index (χ1v) is 6.54. The van der Waals surface area contributed by atoms with E-state index >= 15 is 0 Å². The Labute approximate surface area is 125 Å². The highest BCUT2D eigenvalue weighted by Crippen LogP contribution is 2.28. The molecule has 0 aliphatic heterocycles. The lowest BCUT2D eigenvalue weighted by Gasteiger charge is -1.97. The smallest absolute Gasteiger partial charge is 0.258 e. The molecule has 6 heteroatoms. The summed E-state index contributed by atoms with van der Waals surface area (Å²) in [6, 6.07) is 12.4. The summed E-state index contributed by atoms with van der Waals surface area (Å²) in [6.07, 6.45) is 0. The lowest BCUT2D eigenvalue weighted by Crippen LogP contribution is -1.85. The minimum atomic E-state index is 0.401. The maximum atomic E-state index is 5.97. The molecule has 20 heavy (non-hydrogen) atoms. The van der Waals surface area contributed by atoms with Crippen LogP contribution in [0.2, 0.25) is 10.0 Å². The number of halogens is 2. The molecule has 3 aromatic rings. The van der Waals surface area contributed by atoms with E-state index < -0.39 is 0 Å². The van der Waals surface area contributed by atoms with Crippen molar-refractivity contribution in [1.29, 1.82) is 0 Å². The van der Waals surface area contributed by atoms with Gasteiger partial charge in [0.25, 0.3) is 5.89 Å². The molecule has 0 aliphatic carbocycles. The molecular formula is C14H9Cl2N3O. The normalized spacial score (nSPS) is 10.7. The number of nitrogens with zero attached hydrogens (tertiary/aromatic N) is 2. The van der Waals surface area contributed by atoms with Gasteiger partial charge in [0.05, 0.1) is 10.0 Å². The van der Waals surface area contributed by atoms with Gasteiger partial charge in [-0.25, -0.2) is 0 Å². The minimum Gasteiger partial charge on any atom is -0.399 e. The Morgan fingerprint density at radius 2 is 1.80 bits per heavy atom. The third kappa shape index (κ3) is 2.48. The van der Waals surface area contributed by atoms with Gasteiger partial charge in [-0.15, -0.1) is 0 Å². The lowest BCUT2D eigenvalue weighted by atomic mass is 10.2. The first-order valence-electron chi connectivity index (χ1n) is 5.78. The van der Waals surface area contributed by atoms with Crippen molar-refractivity contribution in [3.63, 3.8) is 0 Å². The van der Waals surface area contributed by atoms with Crippen molar-refractivity contribution >= 4 is 28.9 Å². The zero-order chi connectivity index (χ0) is 14.1. The Hall–Kier alpha value is -2.04. The molecule has 0 saturated heterocycles. The van der Waals surface area contributed by atoms with E-state index in [1.165, 1.54) is 0 Å². The zero-order valence-corrected chi connectivity index (χ0v) is 11.7. The van der Waals surface area contributed by atoms with E-state index in [0.717, 1.165) is 11.1 Å². The molecule has 0 atom stereocenters. The van der Waals surface area contributed by atoms with Crippen molar-refractivity contribution in [1.82, 2.24) is 10.1 Å². The van der Waals surface area contributed by atoms with Crippen LogP contribution in [0.1, 0.15) is 0 Å². The number of benzene rings is 2. The maximum Gasteiger partial charge on any atom is 0.258 e. The molecular weight excluding hydrogens is 297 g/mol. The molecule has 4 nitrogen and oxygen atoms in total. The van der Waals surface area contributed by atoms with Crippen LogP contribution < -0.4 is 5.73 Å². The number of anilines is 1. The Bertz CT molecular complexity index is 771. The third-order valence-electron chi connectivity index (χ3n) is 2.74. The molecule has 0 spiro atoms. The highest BCUT2D eigenvalue weighted by atomic mass is 35.5. The van der Waals surface area contributed by atoms with Gasteiger partial charge in [0.15, 0.2) is 0 Å². The maximum absolute atomic E-state index is 5.97. The molecule has 0 saturated carbocycles. The molecule has 0 radical (unpaired) electrons. The van der Waals surface area contributed by atoms with Crippen LogP contribution in [0.15, 0.2) is 47.0 Å². The molecule has 100 valence electrons. The molecule has 3 rings (SSSR count). The Morgan fingerprint density at radius 3 is 2.55 bits per heavy atom. The monoisotopic (exact) mass is 305 g/mol. The van der Waals surface area contributed by atoms with Gasteiger partial charge >= 0.3 is 0 Å². The van der Waals surface area contributed by atoms with Gasteiger partial charge in [-0.1, -0.05) is 34.4 Å². The summed E-state index contributed by atoms with van der Waals surface area (Å²) in [6.45, 7) is 0. The van der Waals surface area contributed by atoms with Crippen LogP contribution in [0.5, 0.6) is 0 Å². The topological polar surface area (TPSA) is 64.9 Å². The van der Waals surface area contributed by atoms with Gasteiger partial charge in [0.1, 0.15) is 0 Å². The average molecular weight is 306 g/mol. The van der Waals surface area contributed by atoms with Crippen molar-refractivity contribution in [2.75, 3.05) is 5.73 Å². The summed E-state index contributed by atoms with van der Waals surface area (Å²) in [4.78, 5) is 4.33. The van der Waals surface area contributed by atoms with Crippen molar-refractivity contribution < 1.29 is 4.52 Å². The molecule has 0 fully saturated rings. The Kier molecular flexibility index (Phi) is 3.34. The first kappa shape index (κ1) is 13.0. The molecule has 0 unspecified atom stereocenters. The van der Waals surface area contributed by atoms with Crippen LogP contribution in [-0.2, 0) is 0 Å². The van der Waals surface area contributed by atoms with Crippen LogP contribution >= 0.6 is 23.2 Å². The fourth-order valence-electron chi connectivity index (χ4n) is 1.76. The molecule has 0 amide bonds. The largest absolute Gasteiger partial charge is 0.399 e. The van der Waals surface area contributed by atoms with Gasteiger partial charge in [-0.05, 0) is 36.4 Å². The van der Waals surface area contributed by atoms with E-state index in [-0.39, 0.29) is 0 Å². The van der Waals surface area contributed by atoms with Crippen molar-refractivity contribution in [2.24, 2.45) is 0 Å². The van der Waals surface area contributed by atoms with Crippen molar-refractivity contribution in [2.45, 2.75) is 0 Å². The number of nitrogens with two attached hydrogens (primary N) is 1. The van der Waals surface area contributed by atoms with Crippen LogP contribution in [0.3, 0.4) is 0 Å². The average Bonchev–Trinajstić information content (AvgIpc) is 2.92. The molecule has 1 heterocycles. The summed E-state index contributed by atoms with van der Waals surface area (Å²) >= 11 is 11.9. The van der Waals surface area contributed by atoms with Gasteiger partial charge < -0.3 is 10.3 Å². The van der Waals surface area contributed by atoms with Crippen LogP contribution in [0.4, 0.5) is 5.69 Å². The summed E-state index contributed by atoms with van der Waals surface area (Å²) < 4.78 is 5.24. The van der Waals surface area contributed by atoms with Crippen LogP contribution in [-0.4, -0.2) is 10.1 Å². The van der Waals surface area contributed by atoms with Crippen LogP contribution in [0, 0.1) is 0 Å². The molecule has 2 N–H and O–H groups in total. The van der Waals surface area contributed by atoms with Crippen molar-refractivity contribution in [3.8, 4) is 22.8 Å². The highest BCUT2D eigenvalue weighted by molar-refractivity contribution is 6.42. The second-order valence-electron chi connectivity index (χ2n) is 4.18. The SMILES string of the molecule is Nc1cccc(-c2nc(-c3ccc(Cl)c(Cl)c3)no2)c1. The standard InChI is InChI=1S/C14H9Cl2N3O/c15-11-5-4-8(7-12(11)16)13-18-14(20-19-13)9-2-1-3-10(17)6-9/h1-7H,17H2. The third-order valence-corrected chi connectivity index (χ3v) is 3.48. The van der Waals surface area contributed by atoms with Crippen molar-refractivity contribution in [3.05, 3.63) is 52.5 Å². The minimum absolute atomic E-state index is 0.401. The second-order valence-corrected chi connectivity index (χ2v) is 4.99. The predicted molar refractivity (Wildman–Crippen MR) is 79.6 cm³/mol. The number of aromatic nitrogens is 2. The molecule has 0 aliphatic rings. The zero-order valence-electron chi connectivity index (χ0n) is 10.2. The fraction of sp³-hybridized carbons (Fsp3) is 0. The van der Waals surface area contributed by atoms with Gasteiger partial charge in [0, 0.05) is 16.8 Å². The van der Waals surface area contributed by atoms with E-state index in [1.54, 1.807) is 30.3 Å². The van der Waals surface area contributed by atoms with E-state index in [9.17, 15) is 0 Å². The number of rotatable bonds is 2. The number of nitrogen functional groups attached to an aromatic ring is 1. The second kappa shape index (κ2) is 5.15. The summed E-state index contributed by atoms with van der Waals surface area (Å²) in [5.74, 6) is 0.847. The highest BCUT2D eigenvalue weighted by Gasteiger charge is 2.11. The number of hydrogen-bond donors (Lipinski definition) is 1. The van der Waals surface area contributed by atoms with Crippen LogP contribution in [0.25, 0.3) is 22.8 Å². The van der Waals surface area contributed by atoms with E-state index in [4.69, 9.17) is 33.5 Å². The first-order chi connectivity index (χ1) is 9.63. The van der Waals surface area contributed by atoms with E-state index in [2.05, 4.69) is 10.1 Å². The number of hydrogen-bond acceptors (Lipinski definition) is 4. The summed E-state index contributed by atoms with van der Waals surface area (Å²) in [7, 11) is 0. The molecule has 2 aromatic carbocycles. The molecule has 0 bridgehead atoms. The van der Waals surface area contributed by atoms with Gasteiger partial charge in [-0.3, -0.25) is 0 Å². The Balaban J connectivity index is 1.99. The molecule has 1 aromatic heterocycles. The Morgan fingerprint density at radius 1 is 0.950 bits per heavy atom. The predicted octanol–water partition coefficient (Wildman–Crippen LogP) is 4.29. The summed E-state index contributed by atoms with van der Waals surface area (Å²) in [5.41, 5.74) is 7.87. The van der Waals surface area contributed by atoms with E-state index in [1.807, 2.05) is 12.1 Å². The lowest BCUT2D eigenvalue weighted by molar-refractivity contribution is 0.432. The van der Waals surface area contributed by atoms with Gasteiger partial charge in [0.2, 0.25) is 5.82 Å². The van der Waals surface area contributed by atoms with E-state index in [0.29, 0.717) is 27.4 Å². The quantitative estimate of drug-likeness (QED) is 0.717. The fourth-order valence-corrected chi connectivity index (χ4v) is 2.06. The summed E-state index contributed by atoms with van der Waals surface area (Å²) in [5, 5.41) is 4.86.